The maximum atomic E-state index is 14.2. The number of aryl methyl sites for hydroxylation is 1. The molecule has 8 nitrogen and oxygen atoms in total. The Morgan fingerprint density at radius 3 is 2.86 bits per heavy atom. The lowest BCUT2D eigenvalue weighted by Crippen LogP contribution is -2.30. The number of hydrogen-bond donors (Lipinski definition) is 2. The number of ether oxygens (including phenoxy) is 1. The highest BCUT2D eigenvalue weighted by atomic mass is 79.9. The number of rotatable bonds is 9. The molecule has 0 atom stereocenters. The standard InChI is InChI=1S/C18H20BrFN4O4/c1-4-27-7-8-28-23-16(25)10-15-17(11(2)18(26)24(3)22-15)21-14-6-5-12(19)9-13(14)20/h4-6,9,21H,1,7-8,10H2,2-3H3,(H,23,25). The van der Waals surface area contributed by atoms with Crippen molar-refractivity contribution in [2.24, 2.45) is 7.05 Å². The van der Waals surface area contributed by atoms with Gasteiger partial charge < -0.3 is 10.1 Å². The fraction of sp³-hybridized carbons (Fsp3) is 0.278. The van der Waals surface area contributed by atoms with Gasteiger partial charge in [0.05, 0.1) is 29.8 Å². The molecule has 0 aliphatic rings. The molecule has 28 heavy (non-hydrogen) atoms. The van der Waals surface area contributed by atoms with Gasteiger partial charge in [-0.05, 0) is 25.1 Å². The Balaban J connectivity index is 2.22. The second kappa shape index (κ2) is 10.00. The number of halogens is 2. The summed E-state index contributed by atoms with van der Waals surface area (Å²) in [6, 6.07) is 4.46. The number of hydroxylamine groups is 1. The fourth-order valence-corrected chi connectivity index (χ4v) is 2.68. The zero-order valence-corrected chi connectivity index (χ0v) is 17.0. The van der Waals surface area contributed by atoms with Crippen LogP contribution in [0.4, 0.5) is 15.8 Å². The van der Waals surface area contributed by atoms with E-state index in [4.69, 9.17) is 9.57 Å². The molecule has 2 rings (SSSR count). The lowest BCUT2D eigenvalue weighted by Gasteiger charge is -2.15. The third kappa shape index (κ3) is 5.64. The van der Waals surface area contributed by atoms with Crippen LogP contribution < -0.4 is 16.4 Å². The van der Waals surface area contributed by atoms with Crippen LogP contribution in [-0.4, -0.2) is 28.9 Å². The first-order chi connectivity index (χ1) is 13.3. The molecule has 0 saturated carbocycles. The molecule has 0 spiro atoms. The highest BCUT2D eigenvalue weighted by molar-refractivity contribution is 9.10. The van der Waals surface area contributed by atoms with Crippen molar-refractivity contribution in [1.82, 2.24) is 15.3 Å². The molecule has 10 heteroatoms. The van der Waals surface area contributed by atoms with E-state index in [0.717, 1.165) is 4.68 Å². The van der Waals surface area contributed by atoms with Crippen molar-refractivity contribution in [2.45, 2.75) is 13.3 Å². The minimum atomic E-state index is -0.518. The summed E-state index contributed by atoms with van der Waals surface area (Å²) in [6.45, 7) is 5.33. The molecule has 150 valence electrons. The number of nitrogens with one attached hydrogen (secondary N) is 2. The molecule has 2 N–H and O–H groups in total. The molecule has 1 amide bonds. The van der Waals surface area contributed by atoms with E-state index in [1.165, 1.54) is 25.4 Å². The monoisotopic (exact) mass is 454 g/mol. The highest BCUT2D eigenvalue weighted by Gasteiger charge is 2.17. The van der Waals surface area contributed by atoms with Gasteiger partial charge in [-0.2, -0.15) is 5.10 Å². The number of anilines is 2. The van der Waals surface area contributed by atoms with E-state index in [9.17, 15) is 14.0 Å². The molecular formula is C18H20BrFN4O4. The highest BCUT2D eigenvalue weighted by Crippen LogP contribution is 2.26. The molecule has 0 saturated heterocycles. The second-order valence-electron chi connectivity index (χ2n) is 5.71. The number of aromatic nitrogens is 2. The zero-order valence-electron chi connectivity index (χ0n) is 15.4. The minimum absolute atomic E-state index is 0.132. The van der Waals surface area contributed by atoms with Crippen LogP contribution in [0.3, 0.4) is 0 Å². The summed E-state index contributed by atoms with van der Waals surface area (Å²) in [5, 5.41) is 7.00. The van der Waals surface area contributed by atoms with Gasteiger partial charge in [-0.1, -0.05) is 22.5 Å². The molecule has 0 fully saturated rings. The molecular weight excluding hydrogens is 435 g/mol. The third-order valence-electron chi connectivity index (χ3n) is 3.67. The summed E-state index contributed by atoms with van der Waals surface area (Å²) in [4.78, 5) is 29.4. The number of carbonyl (C=O) groups is 1. The van der Waals surface area contributed by atoms with Crippen molar-refractivity contribution in [3.05, 3.63) is 62.9 Å². The molecule has 0 bridgehead atoms. The van der Waals surface area contributed by atoms with Crippen LogP contribution in [0.2, 0.25) is 0 Å². The normalized spacial score (nSPS) is 10.4. The van der Waals surface area contributed by atoms with Gasteiger partial charge in [-0.15, -0.1) is 0 Å². The van der Waals surface area contributed by atoms with E-state index in [0.29, 0.717) is 10.0 Å². The van der Waals surface area contributed by atoms with Gasteiger partial charge in [0.25, 0.3) is 5.56 Å². The van der Waals surface area contributed by atoms with Crippen molar-refractivity contribution in [3.63, 3.8) is 0 Å². The molecule has 1 aromatic heterocycles. The Bertz CT molecular complexity index is 933. The maximum Gasteiger partial charge on any atom is 0.271 e. The van der Waals surface area contributed by atoms with Gasteiger partial charge in [0, 0.05) is 17.1 Å². The van der Waals surface area contributed by atoms with E-state index < -0.39 is 11.7 Å². The van der Waals surface area contributed by atoms with Crippen LogP contribution in [0, 0.1) is 12.7 Å². The van der Waals surface area contributed by atoms with Gasteiger partial charge in [0.1, 0.15) is 19.0 Å². The van der Waals surface area contributed by atoms with Crippen molar-refractivity contribution in [2.75, 3.05) is 18.5 Å². The largest absolute Gasteiger partial charge is 0.499 e. The topological polar surface area (TPSA) is 94.5 Å². The van der Waals surface area contributed by atoms with Crippen molar-refractivity contribution in [1.29, 1.82) is 0 Å². The van der Waals surface area contributed by atoms with Crippen LogP contribution in [0.5, 0.6) is 0 Å². The Labute approximate surface area is 169 Å². The number of hydrogen-bond acceptors (Lipinski definition) is 6. The molecule has 0 aliphatic heterocycles. The van der Waals surface area contributed by atoms with E-state index in [1.807, 2.05) is 0 Å². The molecule has 2 aromatic rings. The molecule has 1 heterocycles. The van der Waals surface area contributed by atoms with E-state index >= 15 is 0 Å². The summed E-state index contributed by atoms with van der Waals surface area (Å²) < 4.78 is 20.8. The molecule has 0 aliphatic carbocycles. The summed E-state index contributed by atoms with van der Waals surface area (Å²) in [5.41, 5.74) is 2.91. The number of benzene rings is 1. The van der Waals surface area contributed by atoms with Crippen molar-refractivity contribution >= 4 is 33.2 Å². The van der Waals surface area contributed by atoms with E-state index in [-0.39, 0.29) is 42.3 Å². The third-order valence-corrected chi connectivity index (χ3v) is 4.17. The predicted octanol–water partition coefficient (Wildman–Crippen LogP) is 2.48. The average molecular weight is 455 g/mol. The summed E-state index contributed by atoms with van der Waals surface area (Å²) in [7, 11) is 1.48. The first-order valence-corrected chi connectivity index (χ1v) is 9.04. The minimum Gasteiger partial charge on any atom is -0.499 e. The molecule has 0 radical (unpaired) electrons. The van der Waals surface area contributed by atoms with Crippen molar-refractivity contribution in [3.8, 4) is 0 Å². The lowest BCUT2D eigenvalue weighted by molar-refractivity contribution is -0.133. The van der Waals surface area contributed by atoms with Crippen LogP contribution in [0.25, 0.3) is 0 Å². The van der Waals surface area contributed by atoms with Crippen LogP contribution in [0.1, 0.15) is 11.3 Å². The maximum absolute atomic E-state index is 14.2. The Hall–Kier alpha value is -2.72. The van der Waals surface area contributed by atoms with Gasteiger partial charge in [0.15, 0.2) is 0 Å². The van der Waals surface area contributed by atoms with Crippen molar-refractivity contribution < 1.29 is 18.8 Å². The predicted molar refractivity (Wildman–Crippen MR) is 106 cm³/mol. The van der Waals surface area contributed by atoms with Gasteiger partial charge in [0.2, 0.25) is 5.91 Å². The number of carbonyl (C=O) groups excluding carboxylic acids is 1. The lowest BCUT2D eigenvalue weighted by atomic mass is 10.1. The molecule has 1 aromatic carbocycles. The summed E-state index contributed by atoms with van der Waals surface area (Å²) in [5.74, 6) is -1.00. The first kappa shape index (κ1) is 21.6. The Morgan fingerprint density at radius 2 is 2.18 bits per heavy atom. The number of nitrogens with zero attached hydrogens (tertiary/aromatic N) is 2. The average Bonchev–Trinajstić information content (AvgIpc) is 2.64. The van der Waals surface area contributed by atoms with Crippen LogP contribution >= 0.6 is 15.9 Å². The Kier molecular flexibility index (Phi) is 7.70. The van der Waals surface area contributed by atoms with Gasteiger partial charge in [-0.25, -0.2) is 14.6 Å². The van der Waals surface area contributed by atoms with Gasteiger partial charge >= 0.3 is 0 Å². The summed E-state index contributed by atoms with van der Waals surface area (Å²) >= 11 is 3.19. The second-order valence-corrected chi connectivity index (χ2v) is 6.63. The van der Waals surface area contributed by atoms with E-state index in [2.05, 4.69) is 38.4 Å². The summed E-state index contributed by atoms with van der Waals surface area (Å²) in [6.07, 6.45) is 1.08. The van der Waals surface area contributed by atoms with Crippen LogP contribution in [0.15, 0.2) is 40.3 Å². The SMILES string of the molecule is C=COCCONC(=O)Cc1nn(C)c(=O)c(C)c1Nc1ccc(Br)cc1F. The zero-order chi connectivity index (χ0) is 20.7. The number of amides is 1. The first-order valence-electron chi connectivity index (χ1n) is 8.25. The smallest absolute Gasteiger partial charge is 0.271 e. The Morgan fingerprint density at radius 1 is 1.43 bits per heavy atom. The molecule has 0 unspecified atom stereocenters. The fourth-order valence-electron chi connectivity index (χ4n) is 2.35. The van der Waals surface area contributed by atoms with Crippen LogP contribution in [-0.2, 0) is 27.8 Å². The quantitative estimate of drug-likeness (QED) is 0.343. The van der Waals surface area contributed by atoms with Gasteiger partial charge in [-0.3, -0.25) is 14.4 Å². The van der Waals surface area contributed by atoms with E-state index in [1.54, 1.807) is 13.0 Å².